The molecule has 1 heterocycles. The lowest BCUT2D eigenvalue weighted by Crippen LogP contribution is -2.35. The molecule has 0 aliphatic carbocycles. The van der Waals surface area contributed by atoms with Crippen LogP contribution in [0.25, 0.3) is 0 Å². The van der Waals surface area contributed by atoms with Gasteiger partial charge >= 0.3 is 6.09 Å². The Bertz CT molecular complexity index is 270. The van der Waals surface area contributed by atoms with Gasteiger partial charge in [-0.15, -0.1) is 0 Å². The van der Waals surface area contributed by atoms with Crippen LogP contribution in [0.4, 0.5) is 4.79 Å². The van der Waals surface area contributed by atoms with Crippen LogP contribution >= 0.6 is 0 Å². The summed E-state index contributed by atoms with van der Waals surface area (Å²) in [5.41, 5.74) is 4.89. The average Bonchev–Trinajstić information content (AvgIpc) is 2.43. The maximum Gasteiger partial charge on any atom is 0.410 e. The molecule has 0 aromatic heterocycles. The Morgan fingerprint density at radius 2 is 2.20 bits per heavy atom. The topological polar surface area (TPSA) is 72.6 Å². The van der Waals surface area contributed by atoms with Gasteiger partial charge in [0, 0.05) is 19.0 Å². The molecule has 1 rings (SSSR count). The molecule has 0 saturated carbocycles. The molecular weight excluding hydrogens is 196 g/mol. The molecule has 0 aromatic carbocycles. The minimum Gasteiger partial charge on any atom is -0.444 e. The van der Waals surface area contributed by atoms with Crippen molar-refractivity contribution in [3.8, 4) is 0 Å². The Morgan fingerprint density at radius 1 is 1.60 bits per heavy atom. The normalized spacial score (nSPS) is 22.0. The van der Waals surface area contributed by atoms with Crippen molar-refractivity contribution in [2.24, 2.45) is 11.7 Å². The van der Waals surface area contributed by atoms with E-state index in [1.807, 2.05) is 0 Å². The molecule has 1 atom stereocenters. The summed E-state index contributed by atoms with van der Waals surface area (Å²) in [7, 11) is 0. The predicted octanol–water partition coefficient (Wildman–Crippen LogP) is 0.381. The van der Waals surface area contributed by atoms with Gasteiger partial charge in [-0.25, -0.2) is 4.79 Å². The fourth-order valence-corrected chi connectivity index (χ4v) is 1.42. The van der Waals surface area contributed by atoms with E-state index in [1.54, 1.807) is 20.8 Å². The second-order valence-corrected chi connectivity index (χ2v) is 4.76. The molecule has 0 spiro atoms. The second kappa shape index (κ2) is 4.18. The highest BCUT2D eigenvalue weighted by Crippen LogP contribution is 2.16. The minimum absolute atomic E-state index is 0.0170. The number of nitrogens with zero attached hydrogens (tertiary/aromatic N) is 1. The highest BCUT2D eigenvalue weighted by molar-refractivity contribution is 5.89. The van der Waals surface area contributed by atoms with E-state index < -0.39 is 11.7 Å². The number of hydrogen-bond donors (Lipinski definition) is 1. The number of likely N-dealkylation sites (tertiary alicyclic amines) is 1. The van der Waals surface area contributed by atoms with E-state index in [0.717, 1.165) is 0 Å². The maximum atomic E-state index is 11.6. The highest BCUT2D eigenvalue weighted by atomic mass is 16.6. The number of ether oxygens (including phenoxy) is 1. The molecule has 15 heavy (non-hydrogen) atoms. The Labute approximate surface area is 89.6 Å². The van der Waals surface area contributed by atoms with Crippen LogP contribution in [0.1, 0.15) is 20.8 Å². The Hall–Kier alpha value is -1.10. The van der Waals surface area contributed by atoms with Crippen molar-refractivity contribution in [1.82, 2.24) is 4.90 Å². The zero-order chi connectivity index (χ0) is 11.6. The SMILES string of the molecule is CC(C)(C)OC(=O)N1CC(=O)C(CN)C1. The monoisotopic (exact) mass is 214 g/mol. The lowest BCUT2D eigenvalue weighted by molar-refractivity contribution is -0.119. The van der Waals surface area contributed by atoms with Gasteiger partial charge in [0.15, 0.2) is 5.78 Å². The largest absolute Gasteiger partial charge is 0.444 e. The molecule has 0 bridgehead atoms. The molecule has 0 aromatic rings. The molecule has 1 fully saturated rings. The van der Waals surface area contributed by atoms with Crippen LogP contribution in [0.15, 0.2) is 0 Å². The lowest BCUT2D eigenvalue weighted by Gasteiger charge is -2.23. The number of rotatable bonds is 1. The van der Waals surface area contributed by atoms with Crippen LogP contribution in [0.3, 0.4) is 0 Å². The number of hydrogen-bond acceptors (Lipinski definition) is 4. The maximum absolute atomic E-state index is 11.6. The highest BCUT2D eigenvalue weighted by Gasteiger charge is 2.34. The third kappa shape index (κ3) is 3.20. The fraction of sp³-hybridized carbons (Fsp3) is 0.800. The van der Waals surface area contributed by atoms with Gasteiger partial charge in [-0.1, -0.05) is 0 Å². The number of Topliss-reactive ketones (excluding diaryl/α,β-unsaturated/α-hetero) is 1. The predicted molar refractivity (Wildman–Crippen MR) is 55.4 cm³/mol. The van der Waals surface area contributed by atoms with E-state index >= 15 is 0 Å². The number of ketones is 1. The van der Waals surface area contributed by atoms with Gasteiger partial charge in [0.05, 0.1) is 6.54 Å². The number of nitrogens with two attached hydrogens (primary N) is 1. The molecule has 2 N–H and O–H groups in total. The van der Waals surface area contributed by atoms with Gasteiger partial charge in [-0.3, -0.25) is 4.79 Å². The Kier molecular flexibility index (Phi) is 3.34. The number of carbonyl (C=O) groups is 2. The van der Waals surface area contributed by atoms with Gasteiger partial charge < -0.3 is 15.4 Å². The average molecular weight is 214 g/mol. The van der Waals surface area contributed by atoms with Gasteiger partial charge in [-0.05, 0) is 20.8 Å². The summed E-state index contributed by atoms with van der Waals surface area (Å²) in [4.78, 5) is 24.3. The third-order valence-corrected chi connectivity index (χ3v) is 2.18. The van der Waals surface area contributed by atoms with Gasteiger partial charge in [0.2, 0.25) is 0 Å². The van der Waals surface area contributed by atoms with Gasteiger partial charge in [0.1, 0.15) is 5.60 Å². The van der Waals surface area contributed by atoms with Crippen molar-refractivity contribution in [3.63, 3.8) is 0 Å². The van der Waals surface area contributed by atoms with Crippen molar-refractivity contribution < 1.29 is 14.3 Å². The zero-order valence-corrected chi connectivity index (χ0v) is 9.45. The molecule has 1 unspecified atom stereocenters. The van der Waals surface area contributed by atoms with Crippen LogP contribution in [-0.2, 0) is 9.53 Å². The molecular formula is C10H18N2O3. The van der Waals surface area contributed by atoms with Crippen LogP contribution in [0, 0.1) is 5.92 Å². The van der Waals surface area contributed by atoms with Crippen LogP contribution in [0.5, 0.6) is 0 Å². The molecule has 5 nitrogen and oxygen atoms in total. The van der Waals surface area contributed by atoms with Crippen LogP contribution in [-0.4, -0.2) is 42.0 Å². The first kappa shape index (κ1) is 12.0. The number of amides is 1. The van der Waals surface area contributed by atoms with Gasteiger partial charge in [0.25, 0.3) is 0 Å². The van der Waals surface area contributed by atoms with E-state index in [4.69, 9.17) is 10.5 Å². The Morgan fingerprint density at radius 3 is 2.60 bits per heavy atom. The molecule has 0 radical (unpaired) electrons. The van der Waals surface area contributed by atoms with E-state index in [1.165, 1.54) is 4.90 Å². The summed E-state index contributed by atoms with van der Waals surface area (Å²) in [5, 5.41) is 0. The van der Waals surface area contributed by atoms with Crippen molar-refractivity contribution in [1.29, 1.82) is 0 Å². The minimum atomic E-state index is -0.527. The van der Waals surface area contributed by atoms with Gasteiger partial charge in [-0.2, -0.15) is 0 Å². The fourth-order valence-electron chi connectivity index (χ4n) is 1.42. The molecule has 86 valence electrons. The summed E-state index contributed by atoms with van der Waals surface area (Å²) in [6.45, 7) is 6.18. The summed E-state index contributed by atoms with van der Waals surface area (Å²) in [6, 6.07) is 0. The smallest absolute Gasteiger partial charge is 0.410 e. The first-order valence-corrected chi connectivity index (χ1v) is 5.04. The third-order valence-electron chi connectivity index (χ3n) is 2.18. The van der Waals surface area contributed by atoms with Crippen molar-refractivity contribution in [3.05, 3.63) is 0 Å². The molecule has 5 heteroatoms. The quantitative estimate of drug-likeness (QED) is 0.685. The first-order valence-electron chi connectivity index (χ1n) is 5.04. The van der Waals surface area contributed by atoms with Crippen LogP contribution < -0.4 is 5.73 Å². The van der Waals surface area contributed by atoms with E-state index in [-0.39, 0.29) is 24.8 Å². The lowest BCUT2D eigenvalue weighted by atomic mass is 10.1. The van der Waals surface area contributed by atoms with E-state index in [9.17, 15) is 9.59 Å². The molecule has 1 aliphatic rings. The summed E-state index contributed by atoms with van der Waals surface area (Å²) >= 11 is 0. The summed E-state index contributed by atoms with van der Waals surface area (Å²) in [6.07, 6.45) is -0.438. The standard InChI is InChI=1S/C10H18N2O3/c1-10(2,3)15-9(14)12-5-7(4-11)8(13)6-12/h7H,4-6,11H2,1-3H3. The molecule has 1 amide bonds. The summed E-state index contributed by atoms with van der Waals surface area (Å²) < 4.78 is 5.16. The van der Waals surface area contributed by atoms with Crippen molar-refractivity contribution in [2.45, 2.75) is 26.4 Å². The number of carbonyl (C=O) groups excluding carboxylic acids is 2. The Balaban J connectivity index is 2.53. The molecule has 1 aliphatic heterocycles. The van der Waals surface area contributed by atoms with Crippen LogP contribution in [0.2, 0.25) is 0 Å². The van der Waals surface area contributed by atoms with Crippen molar-refractivity contribution >= 4 is 11.9 Å². The summed E-state index contributed by atoms with van der Waals surface area (Å²) in [5.74, 6) is -0.208. The zero-order valence-electron chi connectivity index (χ0n) is 9.45. The second-order valence-electron chi connectivity index (χ2n) is 4.76. The molecule has 1 saturated heterocycles. The van der Waals surface area contributed by atoms with E-state index in [0.29, 0.717) is 6.54 Å². The first-order chi connectivity index (χ1) is 6.83. The van der Waals surface area contributed by atoms with E-state index in [2.05, 4.69) is 0 Å². The van der Waals surface area contributed by atoms with Crippen molar-refractivity contribution in [2.75, 3.05) is 19.6 Å².